The van der Waals surface area contributed by atoms with Crippen molar-refractivity contribution in [3.05, 3.63) is 45.9 Å². The van der Waals surface area contributed by atoms with Crippen LogP contribution in [0.5, 0.6) is 0 Å². The molecule has 1 fully saturated rings. The molecule has 3 rings (SSSR count). The lowest BCUT2D eigenvalue weighted by atomic mass is 10.1. The van der Waals surface area contributed by atoms with E-state index in [9.17, 15) is 0 Å². The largest absolute Gasteiger partial charge is 0.318 e. The minimum absolute atomic E-state index is 0.147. The highest BCUT2D eigenvalue weighted by Gasteiger charge is 2.23. The van der Waals surface area contributed by atoms with Crippen molar-refractivity contribution in [3.63, 3.8) is 0 Å². The van der Waals surface area contributed by atoms with Crippen LogP contribution >= 0.6 is 23.1 Å². The van der Waals surface area contributed by atoms with E-state index in [1.54, 1.807) is 11.3 Å². The normalized spacial score (nSPS) is 21.1. The molecule has 0 aliphatic carbocycles. The van der Waals surface area contributed by atoms with Crippen molar-refractivity contribution >= 4 is 23.1 Å². The van der Waals surface area contributed by atoms with Gasteiger partial charge < -0.3 is 5.73 Å². The summed E-state index contributed by atoms with van der Waals surface area (Å²) in [6, 6.07) is 9.94. The first-order valence-electron chi connectivity index (χ1n) is 6.06. The third-order valence-corrected chi connectivity index (χ3v) is 5.49. The van der Waals surface area contributed by atoms with Crippen molar-refractivity contribution in [2.45, 2.75) is 18.4 Å². The Morgan fingerprint density at radius 1 is 1.22 bits per heavy atom. The van der Waals surface area contributed by atoms with Crippen LogP contribution in [-0.2, 0) is 0 Å². The highest BCUT2D eigenvalue weighted by molar-refractivity contribution is 7.99. The van der Waals surface area contributed by atoms with E-state index in [2.05, 4.69) is 10.2 Å². The number of benzene rings is 1. The lowest BCUT2D eigenvalue weighted by molar-refractivity contribution is 0.749. The molecule has 1 aromatic carbocycles. The Hall–Kier alpha value is -0.910. The lowest BCUT2D eigenvalue weighted by Gasteiger charge is -2.07. The molecule has 0 radical (unpaired) electrons. The molecule has 0 amide bonds. The smallest absolute Gasteiger partial charge is 0.138 e. The van der Waals surface area contributed by atoms with Crippen LogP contribution in [0.3, 0.4) is 0 Å². The highest BCUT2D eigenvalue weighted by atomic mass is 32.2. The van der Waals surface area contributed by atoms with Crippen molar-refractivity contribution < 1.29 is 0 Å². The van der Waals surface area contributed by atoms with E-state index in [0.717, 1.165) is 15.6 Å². The molecule has 2 aromatic rings. The summed E-state index contributed by atoms with van der Waals surface area (Å²) in [5.74, 6) is 3.00. The standard InChI is InChI=1S/C13H15N3S2/c14-11(9-4-2-1-3-5-9)13-16-15-12(18-13)10-6-7-17-8-10/h1-5,10-11H,6-8,14H2. The van der Waals surface area contributed by atoms with Gasteiger partial charge in [0.1, 0.15) is 10.0 Å². The molecule has 1 saturated heterocycles. The zero-order valence-electron chi connectivity index (χ0n) is 9.95. The molecule has 5 heteroatoms. The molecule has 2 atom stereocenters. The molecule has 1 aliphatic rings. The Balaban J connectivity index is 1.80. The van der Waals surface area contributed by atoms with Crippen LogP contribution in [0.4, 0.5) is 0 Å². The molecule has 2 heterocycles. The maximum Gasteiger partial charge on any atom is 0.138 e. The SMILES string of the molecule is NC(c1ccccc1)c1nnc(C2CCSC2)s1. The van der Waals surface area contributed by atoms with E-state index >= 15 is 0 Å². The molecule has 3 nitrogen and oxygen atoms in total. The molecular weight excluding hydrogens is 262 g/mol. The van der Waals surface area contributed by atoms with Gasteiger partial charge in [0.25, 0.3) is 0 Å². The van der Waals surface area contributed by atoms with Crippen LogP contribution < -0.4 is 5.73 Å². The van der Waals surface area contributed by atoms with E-state index in [1.165, 1.54) is 17.9 Å². The summed E-state index contributed by atoms with van der Waals surface area (Å²) in [6.45, 7) is 0. The van der Waals surface area contributed by atoms with Gasteiger partial charge in [-0.25, -0.2) is 0 Å². The van der Waals surface area contributed by atoms with Crippen molar-refractivity contribution in [1.82, 2.24) is 10.2 Å². The summed E-state index contributed by atoms with van der Waals surface area (Å²) in [5.41, 5.74) is 7.33. The second-order valence-electron chi connectivity index (χ2n) is 4.43. The quantitative estimate of drug-likeness (QED) is 0.937. The van der Waals surface area contributed by atoms with Crippen molar-refractivity contribution in [1.29, 1.82) is 0 Å². The van der Waals surface area contributed by atoms with Crippen LogP contribution in [0.2, 0.25) is 0 Å². The highest BCUT2D eigenvalue weighted by Crippen LogP contribution is 2.35. The van der Waals surface area contributed by atoms with Gasteiger partial charge in [-0.05, 0) is 17.7 Å². The molecule has 94 valence electrons. The third-order valence-electron chi connectivity index (χ3n) is 3.16. The van der Waals surface area contributed by atoms with Gasteiger partial charge >= 0.3 is 0 Å². The van der Waals surface area contributed by atoms with E-state index in [-0.39, 0.29) is 6.04 Å². The molecule has 0 saturated carbocycles. The second-order valence-corrected chi connectivity index (χ2v) is 6.62. The molecule has 1 aromatic heterocycles. The third kappa shape index (κ3) is 2.43. The predicted molar refractivity (Wildman–Crippen MR) is 77.1 cm³/mol. The van der Waals surface area contributed by atoms with E-state index in [4.69, 9.17) is 5.73 Å². The van der Waals surface area contributed by atoms with Crippen LogP contribution in [0.15, 0.2) is 30.3 Å². The fourth-order valence-corrected chi connectivity index (χ4v) is 4.41. The first-order valence-corrected chi connectivity index (χ1v) is 8.03. The first kappa shape index (κ1) is 12.1. The summed E-state index contributed by atoms with van der Waals surface area (Å²) in [4.78, 5) is 0. The lowest BCUT2D eigenvalue weighted by Crippen LogP contribution is -2.11. The Morgan fingerprint density at radius 3 is 2.78 bits per heavy atom. The van der Waals surface area contributed by atoms with Gasteiger partial charge in [-0.1, -0.05) is 41.7 Å². The average molecular weight is 277 g/mol. The maximum atomic E-state index is 6.23. The molecule has 2 N–H and O–H groups in total. The maximum absolute atomic E-state index is 6.23. The number of aromatic nitrogens is 2. The molecule has 0 spiro atoms. The molecular formula is C13H15N3S2. The topological polar surface area (TPSA) is 51.8 Å². The van der Waals surface area contributed by atoms with Crippen LogP contribution in [0, 0.1) is 0 Å². The van der Waals surface area contributed by atoms with Gasteiger partial charge in [-0.15, -0.1) is 10.2 Å². The summed E-state index contributed by atoms with van der Waals surface area (Å²) < 4.78 is 0. The minimum atomic E-state index is -0.147. The summed E-state index contributed by atoms with van der Waals surface area (Å²) >= 11 is 3.67. The number of nitrogens with zero attached hydrogens (tertiary/aromatic N) is 2. The Bertz CT molecular complexity index is 506. The van der Waals surface area contributed by atoms with Crippen molar-refractivity contribution in [2.24, 2.45) is 5.73 Å². The predicted octanol–water partition coefficient (Wildman–Crippen LogP) is 2.81. The minimum Gasteiger partial charge on any atom is -0.318 e. The summed E-state index contributed by atoms with van der Waals surface area (Å²) in [6.07, 6.45) is 1.22. The van der Waals surface area contributed by atoms with E-state index < -0.39 is 0 Å². The van der Waals surface area contributed by atoms with Gasteiger partial charge in [-0.3, -0.25) is 0 Å². The van der Waals surface area contributed by atoms with Gasteiger partial charge in [-0.2, -0.15) is 11.8 Å². The fourth-order valence-electron chi connectivity index (χ4n) is 2.07. The Labute approximate surface area is 115 Å². The zero-order chi connectivity index (χ0) is 12.4. The first-order chi connectivity index (χ1) is 8.84. The second kappa shape index (κ2) is 5.38. The van der Waals surface area contributed by atoms with E-state index in [0.29, 0.717) is 5.92 Å². The Morgan fingerprint density at radius 2 is 2.06 bits per heavy atom. The number of thioether (sulfide) groups is 1. The molecule has 18 heavy (non-hydrogen) atoms. The van der Waals surface area contributed by atoms with Gasteiger partial charge in [0.2, 0.25) is 0 Å². The summed E-state index contributed by atoms with van der Waals surface area (Å²) in [5, 5.41) is 10.7. The van der Waals surface area contributed by atoms with Crippen molar-refractivity contribution in [3.8, 4) is 0 Å². The number of rotatable bonds is 3. The number of nitrogens with two attached hydrogens (primary N) is 1. The Kier molecular flexibility index (Phi) is 3.63. The van der Waals surface area contributed by atoms with Crippen LogP contribution in [0.25, 0.3) is 0 Å². The van der Waals surface area contributed by atoms with Crippen molar-refractivity contribution in [2.75, 3.05) is 11.5 Å². The monoisotopic (exact) mass is 277 g/mol. The fraction of sp³-hybridized carbons (Fsp3) is 0.385. The number of hydrogen-bond donors (Lipinski definition) is 1. The molecule has 2 unspecified atom stereocenters. The molecule has 1 aliphatic heterocycles. The molecule has 0 bridgehead atoms. The summed E-state index contributed by atoms with van der Waals surface area (Å²) in [7, 11) is 0. The number of hydrogen-bond acceptors (Lipinski definition) is 5. The zero-order valence-corrected chi connectivity index (χ0v) is 11.6. The van der Waals surface area contributed by atoms with Crippen LogP contribution in [-0.4, -0.2) is 21.7 Å². The average Bonchev–Trinajstić information content (AvgIpc) is 3.09. The van der Waals surface area contributed by atoms with E-state index in [1.807, 2.05) is 42.1 Å². The van der Waals surface area contributed by atoms with Crippen LogP contribution in [0.1, 0.15) is 34.0 Å². The van der Waals surface area contributed by atoms with Gasteiger partial charge in [0.05, 0.1) is 6.04 Å². The van der Waals surface area contributed by atoms with Gasteiger partial charge in [0.15, 0.2) is 0 Å². The van der Waals surface area contributed by atoms with Gasteiger partial charge in [0, 0.05) is 11.7 Å².